The average molecular weight is 335 g/mol. The van der Waals surface area contributed by atoms with E-state index in [-0.39, 0.29) is 0 Å². The van der Waals surface area contributed by atoms with Crippen molar-refractivity contribution in [3.8, 4) is 5.75 Å². The Morgan fingerprint density at radius 3 is 2.55 bits per heavy atom. The summed E-state index contributed by atoms with van der Waals surface area (Å²) in [5.41, 5.74) is 1.45. The van der Waals surface area contributed by atoms with Gasteiger partial charge in [-0.1, -0.05) is 15.9 Å². The molecule has 5 heteroatoms. The number of fused-ring (bicyclic) bond motifs is 3. The second-order valence-electron chi connectivity index (χ2n) is 4.50. The number of halogens is 1. The second kappa shape index (κ2) is 4.83. The highest BCUT2D eigenvalue weighted by molar-refractivity contribution is 9.10. The summed E-state index contributed by atoms with van der Waals surface area (Å²) in [5, 5.41) is 10.8. The van der Waals surface area contributed by atoms with Crippen molar-refractivity contribution in [2.24, 2.45) is 0 Å². The van der Waals surface area contributed by atoms with Gasteiger partial charge in [-0.05, 0) is 37.3 Å². The molecule has 20 heavy (non-hydrogen) atoms. The molecule has 4 nitrogen and oxygen atoms in total. The Hall–Kier alpha value is -2.01. The van der Waals surface area contributed by atoms with Crippen LogP contribution in [-0.4, -0.2) is 17.2 Å². The Bertz CT molecular complexity index is 806. The van der Waals surface area contributed by atoms with Crippen molar-refractivity contribution in [3.63, 3.8) is 0 Å². The summed E-state index contributed by atoms with van der Waals surface area (Å²) in [6, 6.07) is 11.2. The molecule has 1 atom stereocenters. The van der Waals surface area contributed by atoms with Crippen LogP contribution in [0.4, 0.5) is 0 Å². The van der Waals surface area contributed by atoms with E-state index in [4.69, 9.17) is 14.3 Å². The van der Waals surface area contributed by atoms with Crippen LogP contribution in [0.15, 0.2) is 45.3 Å². The molecule has 0 bridgehead atoms. The van der Waals surface area contributed by atoms with E-state index in [0.29, 0.717) is 11.3 Å². The highest BCUT2D eigenvalue weighted by Crippen LogP contribution is 2.32. The highest BCUT2D eigenvalue weighted by atomic mass is 79.9. The minimum Gasteiger partial charge on any atom is -0.479 e. The Kier molecular flexibility index (Phi) is 3.14. The van der Waals surface area contributed by atoms with E-state index in [1.807, 2.05) is 24.3 Å². The van der Waals surface area contributed by atoms with Crippen molar-refractivity contribution in [2.45, 2.75) is 13.0 Å². The summed E-state index contributed by atoms with van der Waals surface area (Å²) in [6.45, 7) is 1.49. The topological polar surface area (TPSA) is 59.7 Å². The van der Waals surface area contributed by atoms with Crippen molar-refractivity contribution < 1.29 is 19.1 Å². The van der Waals surface area contributed by atoms with E-state index in [2.05, 4.69) is 15.9 Å². The van der Waals surface area contributed by atoms with Gasteiger partial charge in [0.2, 0.25) is 0 Å². The number of hydrogen-bond acceptors (Lipinski definition) is 3. The molecule has 1 N–H and O–H groups in total. The van der Waals surface area contributed by atoms with Crippen LogP contribution in [0, 0.1) is 0 Å². The molecule has 3 aromatic rings. The monoisotopic (exact) mass is 334 g/mol. The van der Waals surface area contributed by atoms with Gasteiger partial charge in [0.25, 0.3) is 0 Å². The summed E-state index contributed by atoms with van der Waals surface area (Å²) in [4.78, 5) is 10.8. The lowest BCUT2D eigenvalue weighted by Crippen LogP contribution is -2.22. The van der Waals surface area contributed by atoms with Gasteiger partial charge in [-0.25, -0.2) is 4.79 Å². The molecule has 0 aliphatic carbocycles. The third-order valence-corrected chi connectivity index (χ3v) is 3.56. The van der Waals surface area contributed by atoms with Gasteiger partial charge < -0.3 is 14.3 Å². The quantitative estimate of drug-likeness (QED) is 0.779. The van der Waals surface area contributed by atoms with Crippen molar-refractivity contribution in [1.82, 2.24) is 0 Å². The summed E-state index contributed by atoms with van der Waals surface area (Å²) in [5.74, 6) is -0.524. The zero-order chi connectivity index (χ0) is 14.3. The molecule has 2 aromatic carbocycles. The molecule has 3 rings (SSSR count). The molecule has 0 amide bonds. The maximum atomic E-state index is 10.8. The Labute approximate surface area is 123 Å². The number of benzene rings is 2. The van der Waals surface area contributed by atoms with Crippen molar-refractivity contribution >= 4 is 43.8 Å². The van der Waals surface area contributed by atoms with Crippen molar-refractivity contribution in [1.29, 1.82) is 0 Å². The van der Waals surface area contributed by atoms with Gasteiger partial charge in [0.05, 0.1) is 0 Å². The number of hydrogen-bond donors (Lipinski definition) is 1. The van der Waals surface area contributed by atoms with Crippen LogP contribution < -0.4 is 4.74 Å². The molecule has 0 fully saturated rings. The lowest BCUT2D eigenvalue weighted by Gasteiger charge is -2.09. The first kappa shape index (κ1) is 13.0. The number of carboxylic acid groups (broad SMARTS) is 1. The Morgan fingerprint density at radius 2 is 1.85 bits per heavy atom. The Morgan fingerprint density at radius 1 is 1.20 bits per heavy atom. The van der Waals surface area contributed by atoms with Gasteiger partial charge in [0.15, 0.2) is 6.10 Å². The van der Waals surface area contributed by atoms with E-state index in [1.165, 1.54) is 6.92 Å². The van der Waals surface area contributed by atoms with Gasteiger partial charge in [-0.2, -0.15) is 0 Å². The van der Waals surface area contributed by atoms with E-state index in [1.54, 1.807) is 12.1 Å². The number of carbonyl (C=O) groups is 1. The molecule has 0 radical (unpaired) electrons. The predicted octanol–water partition coefficient (Wildman–Crippen LogP) is 4.20. The van der Waals surface area contributed by atoms with Crippen LogP contribution in [0.2, 0.25) is 0 Å². The van der Waals surface area contributed by atoms with Crippen LogP contribution in [0.3, 0.4) is 0 Å². The van der Waals surface area contributed by atoms with E-state index < -0.39 is 12.1 Å². The largest absolute Gasteiger partial charge is 0.479 e. The second-order valence-corrected chi connectivity index (χ2v) is 5.41. The first-order valence-electron chi connectivity index (χ1n) is 6.06. The van der Waals surface area contributed by atoms with E-state index >= 15 is 0 Å². The zero-order valence-corrected chi connectivity index (χ0v) is 12.2. The predicted molar refractivity (Wildman–Crippen MR) is 79.1 cm³/mol. The molecule has 0 saturated carbocycles. The summed E-state index contributed by atoms with van der Waals surface area (Å²) in [7, 11) is 0. The fourth-order valence-electron chi connectivity index (χ4n) is 2.06. The molecule has 102 valence electrons. The van der Waals surface area contributed by atoms with Gasteiger partial charge in [0, 0.05) is 21.3 Å². The van der Waals surface area contributed by atoms with Gasteiger partial charge in [-0.3, -0.25) is 0 Å². The van der Waals surface area contributed by atoms with Crippen LogP contribution in [-0.2, 0) is 4.79 Å². The normalized spacial score (nSPS) is 12.7. The first-order valence-corrected chi connectivity index (χ1v) is 6.85. The van der Waals surface area contributed by atoms with Crippen LogP contribution in [0.5, 0.6) is 5.75 Å². The van der Waals surface area contributed by atoms with Gasteiger partial charge in [-0.15, -0.1) is 0 Å². The molecular formula is C15H11BrO4. The van der Waals surface area contributed by atoms with Crippen LogP contribution >= 0.6 is 15.9 Å². The number of furan rings is 1. The van der Waals surface area contributed by atoms with E-state index in [0.717, 1.165) is 20.8 Å². The number of aliphatic carboxylic acids is 1. The fraction of sp³-hybridized carbons (Fsp3) is 0.133. The van der Waals surface area contributed by atoms with Crippen molar-refractivity contribution in [3.05, 3.63) is 40.9 Å². The van der Waals surface area contributed by atoms with E-state index in [9.17, 15) is 4.79 Å². The third-order valence-electron chi connectivity index (χ3n) is 3.07. The van der Waals surface area contributed by atoms with Crippen LogP contribution in [0.25, 0.3) is 21.9 Å². The smallest absolute Gasteiger partial charge is 0.344 e. The number of ether oxygens (including phenoxy) is 1. The summed E-state index contributed by atoms with van der Waals surface area (Å²) in [6.07, 6.45) is -0.897. The molecule has 0 spiro atoms. The molecule has 1 heterocycles. The molecule has 0 aliphatic rings. The molecule has 1 unspecified atom stereocenters. The lowest BCUT2D eigenvalue weighted by atomic mass is 10.1. The third kappa shape index (κ3) is 2.25. The average Bonchev–Trinajstić information content (AvgIpc) is 2.74. The SMILES string of the molecule is CC(Oc1ccc2c(c1)oc1cc(Br)ccc12)C(=O)O. The maximum Gasteiger partial charge on any atom is 0.344 e. The standard InChI is InChI=1S/C15H11BrO4/c1-8(15(17)18)19-10-3-5-12-11-4-2-9(16)6-13(11)20-14(12)7-10/h2-8H,1H3,(H,17,18). The highest BCUT2D eigenvalue weighted by Gasteiger charge is 2.14. The summed E-state index contributed by atoms with van der Waals surface area (Å²) >= 11 is 3.40. The summed E-state index contributed by atoms with van der Waals surface area (Å²) < 4.78 is 12.0. The minimum atomic E-state index is -1.00. The minimum absolute atomic E-state index is 0.477. The number of carboxylic acids is 1. The zero-order valence-electron chi connectivity index (χ0n) is 10.6. The lowest BCUT2D eigenvalue weighted by molar-refractivity contribution is -0.144. The van der Waals surface area contributed by atoms with Gasteiger partial charge in [0.1, 0.15) is 16.9 Å². The molecule has 0 aliphatic heterocycles. The van der Waals surface area contributed by atoms with Crippen LogP contribution in [0.1, 0.15) is 6.92 Å². The Balaban J connectivity index is 2.07. The molecule has 1 aromatic heterocycles. The molecule has 0 saturated heterocycles. The van der Waals surface area contributed by atoms with Crippen molar-refractivity contribution in [2.75, 3.05) is 0 Å². The maximum absolute atomic E-state index is 10.8. The number of rotatable bonds is 3. The van der Waals surface area contributed by atoms with Gasteiger partial charge >= 0.3 is 5.97 Å². The first-order chi connectivity index (χ1) is 9.54. The fourth-order valence-corrected chi connectivity index (χ4v) is 2.40. The molecular weight excluding hydrogens is 324 g/mol.